The molecule has 0 atom stereocenters. The number of nitrogens with one attached hydrogen (secondary N) is 1. The molecule has 1 amide bonds. The van der Waals surface area contributed by atoms with Crippen LogP contribution in [0.1, 0.15) is 29.8 Å². The van der Waals surface area contributed by atoms with Crippen LogP contribution < -0.4 is 15.0 Å². The highest BCUT2D eigenvalue weighted by molar-refractivity contribution is 6.31. The number of hydrogen-bond donors (Lipinski definition) is 1. The molecule has 1 aromatic heterocycles. The van der Waals surface area contributed by atoms with Gasteiger partial charge in [-0.2, -0.15) is 0 Å². The maximum absolute atomic E-state index is 12.4. The number of amides is 1. The van der Waals surface area contributed by atoms with Gasteiger partial charge in [0.2, 0.25) is 0 Å². The minimum atomic E-state index is -0.291. The number of aromatic nitrogens is 1. The molecule has 0 radical (unpaired) electrons. The molecule has 0 spiro atoms. The van der Waals surface area contributed by atoms with Gasteiger partial charge in [0, 0.05) is 18.1 Å². The lowest BCUT2D eigenvalue weighted by molar-refractivity contribution is 0.102. The molecule has 3 rings (SSSR count). The number of anilines is 2. The fourth-order valence-electron chi connectivity index (χ4n) is 2.82. The SMILES string of the molecule is COc1ccc(Cl)cc1NC(=O)c1ccc(N2CCCCC2)cn1. The quantitative estimate of drug-likeness (QED) is 0.910. The zero-order valence-corrected chi connectivity index (χ0v) is 14.3. The minimum Gasteiger partial charge on any atom is -0.495 e. The molecule has 1 aliphatic rings. The zero-order valence-electron chi connectivity index (χ0n) is 13.6. The molecule has 1 aromatic carbocycles. The molecule has 2 heterocycles. The van der Waals surface area contributed by atoms with E-state index in [2.05, 4.69) is 15.2 Å². The Morgan fingerprint density at radius 1 is 1.21 bits per heavy atom. The molecule has 1 fully saturated rings. The summed E-state index contributed by atoms with van der Waals surface area (Å²) in [6.07, 6.45) is 5.45. The van der Waals surface area contributed by atoms with E-state index in [9.17, 15) is 4.79 Å². The maximum atomic E-state index is 12.4. The largest absolute Gasteiger partial charge is 0.495 e. The number of halogens is 1. The fraction of sp³-hybridized carbons (Fsp3) is 0.333. The Bertz CT molecular complexity index is 713. The van der Waals surface area contributed by atoms with Crippen LogP contribution in [-0.4, -0.2) is 31.1 Å². The van der Waals surface area contributed by atoms with Gasteiger partial charge < -0.3 is 15.0 Å². The van der Waals surface area contributed by atoms with Crippen LogP contribution in [0.3, 0.4) is 0 Å². The molecule has 5 nitrogen and oxygen atoms in total. The zero-order chi connectivity index (χ0) is 16.9. The summed E-state index contributed by atoms with van der Waals surface area (Å²) < 4.78 is 5.24. The van der Waals surface area contributed by atoms with Crippen molar-refractivity contribution in [3.63, 3.8) is 0 Å². The summed E-state index contributed by atoms with van der Waals surface area (Å²) in [4.78, 5) is 19.0. The van der Waals surface area contributed by atoms with Crippen molar-refractivity contribution in [3.8, 4) is 5.75 Å². The number of nitrogens with zero attached hydrogens (tertiary/aromatic N) is 2. The van der Waals surface area contributed by atoms with Crippen molar-refractivity contribution in [3.05, 3.63) is 47.2 Å². The van der Waals surface area contributed by atoms with Crippen molar-refractivity contribution in [2.24, 2.45) is 0 Å². The van der Waals surface area contributed by atoms with E-state index in [4.69, 9.17) is 16.3 Å². The monoisotopic (exact) mass is 345 g/mol. The van der Waals surface area contributed by atoms with Crippen LogP contribution in [0.25, 0.3) is 0 Å². The Labute approximate surface area is 146 Å². The Morgan fingerprint density at radius 3 is 2.67 bits per heavy atom. The van der Waals surface area contributed by atoms with Crippen LogP contribution >= 0.6 is 11.6 Å². The van der Waals surface area contributed by atoms with Crippen molar-refractivity contribution in [2.45, 2.75) is 19.3 Å². The summed E-state index contributed by atoms with van der Waals surface area (Å²) in [5, 5.41) is 3.32. The molecule has 1 aliphatic heterocycles. The second kappa shape index (κ2) is 7.53. The van der Waals surface area contributed by atoms with Crippen LogP contribution in [0.4, 0.5) is 11.4 Å². The lowest BCUT2D eigenvalue weighted by Gasteiger charge is -2.28. The van der Waals surface area contributed by atoms with Crippen molar-refractivity contribution in [1.82, 2.24) is 4.98 Å². The summed E-state index contributed by atoms with van der Waals surface area (Å²) in [5.74, 6) is 0.262. The Balaban J connectivity index is 1.72. The summed E-state index contributed by atoms with van der Waals surface area (Å²) in [6, 6.07) is 8.77. The molecule has 24 heavy (non-hydrogen) atoms. The van der Waals surface area contributed by atoms with Gasteiger partial charge in [-0.05, 0) is 49.6 Å². The van der Waals surface area contributed by atoms with Gasteiger partial charge in [-0.15, -0.1) is 0 Å². The first-order valence-corrected chi connectivity index (χ1v) is 8.41. The number of piperidine rings is 1. The van der Waals surface area contributed by atoms with E-state index in [0.29, 0.717) is 22.2 Å². The average Bonchev–Trinajstić information content (AvgIpc) is 2.63. The number of pyridine rings is 1. The number of methoxy groups -OCH3 is 1. The summed E-state index contributed by atoms with van der Waals surface area (Å²) in [5.41, 5.74) is 1.95. The highest BCUT2D eigenvalue weighted by Crippen LogP contribution is 2.28. The number of carbonyl (C=O) groups excluding carboxylic acids is 1. The number of hydrogen-bond acceptors (Lipinski definition) is 4. The van der Waals surface area contributed by atoms with Crippen LogP contribution in [0.5, 0.6) is 5.75 Å². The number of benzene rings is 1. The molecule has 1 saturated heterocycles. The van der Waals surface area contributed by atoms with Crippen LogP contribution in [0.2, 0.25) is 5.02 Å². The summed E-state index contributed by atoms with van der Waals surface area (Å²) in [7, 11) is 1.55. The predicted molar refractivity (Wildman–Crippen MR) is 96.3 cm³/mol. The molecule has 0 unspecified atom stereocenters. The topological polar surface area (TPSA) is 54.5 Å². The smallest absolute Gasteiger partial charge is 0.274 e. The first-order valence-electron chi connectivity index (χ1n) is 8.03. The molecule has 0 saturated carbocycles. The van der Waals surface area contributed by atoms with E-state index in [-0.39, 0.29) is 5.91 Å². The number of ether oxygens (including phenoxy) is 1. The molecule has 2 aromatic rings. The molecule has 1 N–H and O–H groups in total. The van der Waals surface area contributed by atoms with Crippen molar-refractivity contribution in [2.75, 3.05) is 30.4 Å². The Hall–Kier alpha value is -2.27. The van der Waals surface area contributed by atoms with Crippen molar-refractivity contribution < 1.29 is 9.53 Å². The molecule has 6 heteroatoms. The first-order chi connectivity index (χ1) is 11.7. The molecule has 0 bridgehead atoms. The van der Waals surface area contributed by atoms with Crippen LogP contribution in [0.15, 0.2) is 36.5 Å². The number of rotatable bonds is 4. The van der Waals surface area contributed by atoms with E-state index in [1.165, 1.54) is 19.3 Å². The first kappa shape index (κ1) is 16.6. The van der Waals surface area contributed by atoms with Gasteiger partial charge in [0.15, 0.2) is 0 Å². The van der Waals surface area contributed by atoms with Gasteiger partial charge >= 0.3 is 0 Å². The second-order valence-electron chi connectivity index (χ2n) is 5.75. The van der Waals surface area contributed by atoms with Gasteiger partial charge in [-0.1, -0.05) is 11.6 Å². The third-order valence-corrected chi connectivity index (χ3v) is 4.35. The molecular formula is C18H20ClN3O2. The number of carbonyl (C=O) groups is 1. The minimum absolute atomic E-state index is 0.291. The van der Waals surface area contributed by atoms with Gasteiger partial charge in [-0.3, -0.25) is 4.79 Å². The molecular weight excluding hydrogens is 326 g/mol. The van der Waals surface area contributed by atoms with Crippen molar-refractivity contribution in [1.29, 1.82) is 0 Å². The van der Waals surface area contributed by atoms with Gasteiger partial charge in [0.05, 0.1) is 24.7 Å². The summed E-state index contributed by atoms with van der Waals surface area (Å²) in [6.45, 7) is 2.10. The highest BCUT2D eigenvalue weighted by Gasteiger charge is 2.14. The fourth-order valence-corrected chi connectivity index (χ4v) is 3.00. The standard InChI is InChI=1S/C18H20ClN3O2/c1-24-17-8-5-13(19)11-16(17)21-18(23)15-7-6-14(12-20-15)22-9-3-2-4-10-22/h5-8,11-12H,2-4,9-10H2,1H3,(H,21,23). The lowest BCUT2D eigenvalue weighted by atomic mass is 10.1. The third kappa shape index (κ3) is 3.79. The lowest BCUT2D eigenvalue weighted by Crippen LogP contribution is -2.29. The Kier molecular flexibility index (Phi) is 5.20. The Morgan fingerprint density at radius 2 is 2.00 bits per heavy atom. The van der Waals surface area contributed by atoms with Gasteiger partial charge in [-0.25, -0.2) is 4.98 Å². The van der Waals surface area contributed by atoms with E-state index >= 15 is 0 Å². The van der Waals surface area contributed by atoms with E-state index in [1.54, 1.807) is 37.6 Å². The van der Waals surface area contributed by atoms with Crippen molar-refractivity contribution >= 4 is 28.9 Å². The molecule has 0 aliphatic carbocycles. The van der Waals surface area contributed by atoms with Crippen LogP contribution in [0, 0.1) is 0 Å². The predicted octanol–water partition coefficient (Wildman–Crippen LogP) is 3.99. The maximum Gasteiger partial charge on any atom is 0.274 e. The van der Waals surface area contributed by atoms with Crippen LogP contribution in [-0.2, 0) is 0 Å². The van der Waals surface area contributed by atoms with E-state index in [0.717, 1.165) is 18.8 Å². The third-order valence-electron chi connectivity index (χ3n) is 4.11. The highest BCUT2D eigenvalue weighted by atomic mass is 35.5. The molecule has 126 valence electrons. The van der Waals surface area contributed by atoms with Gasteiger partial charge in [0.25, 0.3) is 5.91 Å². The average molecular weight is 346 g/mol. The van der Waals surface area contributed by atoms with E-state index < -0.39 is 0 Å². The normalized spacial score (nSPS) is 14.3. The van der Waals surface area contributed by atoms with E-state index in [1.807, 2.05) is 6.07 Å². The van der Waals surface area contributed by atoms with Gasteiger partial charge in [0.1, 0.15) is 11.4 Å². The second-order valence-corrected chi connectivity index (χ2v) is 6.18. The summed E-state index contributed by atoms with van der Waals surface area (Å²) >= 11 is 5.98.